The Bertz CT molecular complexity index is 546. The lowest BCUT2D eigenvalue weighted by Crippen LogP contribution is -2.26. The minimum absolute atomic E-state index is 0.114. The van der Waals surface area contributed by atoms with Crippen molar-refractivity contribution in [1.82, 2.24) is 14.7 Å². The van der Waals surface area contributed by atoms with E-state index in [9.17, 15) is 21.6 Å². The molecule has 0 aliphatic rings. The van der Waals surface area contributed by atoms with Crippen LogP contribution in [0.5, 0.6) is 0 Å². The van der Waals surface area contributed by atoms with E-state index in [1.54, 1.807) is 0 Å². The first kappa shape index (κ1) is 15.4. The summed E-state index contributed by atoms with van der Waals surface area (Å²) in [6.07, 6.45) is -4.65. The van der Waals surface area contributed by atoms with E-state index in [0.29, 0.717) is 6.07 Å². The van der Waals surface area contributed by atoms with E-state index in [1.165, 1.54) is 7.05 Å². The van der Waals surface area contributed by atoms with Gasteiger partial charge in [-0.1, -0.05) is 0 Å². The average Bonchev–Trinajstić information content (AvgIpc) is 2.27. The van der Waals surface area contributed by atoms with Crippen LogP contribution in [-0.4, -0.2) is 37.7 Å². The summed E-state index contributed by atoms with van der Waals surface area (Å²) in [5.41, 5.74) is 3.95. The molecule has 0 radical (unpaired) electrons. The fraction of sp³-hybridized carbons (Fsp3) is 0.500. The molecule has 0 spiro atoms. The van der Waals surface area contributed by atoms with E-state index >= 15 is 0 Å². The summed E-state index contributed by atoms with van der Waals surface area (Å²) < 4.78 is 61.6. The Morgan fingerprint density at radius 1 is 1.37 bits per heavy atom. The predicted octanol–water partition coefficient (Wildman–Crippen LogP) is 0.0387. The Balaban J connectivity index is 2.77. The topological polar surface area (TPSA) is 110 Å². The molecule has 1 aromatic rings. The van der Waals surface area contributed by atoms with Gasteiger partial charge < -0.3 is 11.1 Å². The van der Waals surface area contributed by atoms with Crippen molar-refractivity contribution in [2.24, 2.45) is 0 Å². The molecular formula is C8H12F3N5O2S. The number of sulfonamides is 1. The molecule has 0 aliphatic carbocycles. The number of nitrogens with two attached hydrogens (primary N) is 1. The molecule has 0 atom stereocenters. The van der Waals surface area contributed by atoms with Crippen molar-refractivity contribution < 1.29 is 21.6 Å². The number of hydrogen-bond acceptors (Lipinski definition) is 6. The first-order valence-electron chi connectivity index (χ1n) is 5.01. The van der Waals surface area contributed by atoms with Crippen molar-refractivity contribution in [3.8, 4) is 0 Å². The molecule has 0 saturated heterocycles. The Labute approximate surface area is 107 Å². The van der Waals surface area contributed by atoms with E-state index in [4.69, 9.17) is 5.73 Å². The number of alkyl halides is 3. The first-order valence-corrected chi connectivity index (χ1v) is 6.66. The Morgan fingerprint density at radius 2 is 2.00 bits per heavy atom. The lowest BCUT2D eigenvalue weighted by atomic mass is 10.4. The van der Waals surface area contributed by atoms with E-state index in [1.807, 2.05) is 0 Å². The molecule has 1 aromatic heterocycles. The van der Waals surface area contributed by atoms with Gasteiger partial charge in [0.15, 0.2) is 5.69 Å². The molecule has 0 saturated carbocycles. The van der Waals surface area contributed by atoms with Crippen LogP contribution in [0.15, 0.2) is 6.07 Å². The van der Waals surface area contributed by atoms with Crippen molar-refractivity contribution in [3.63, 3.8) is 0 Å². The SMILES string of the molecule is CNS(=O)(=O)CCNc1cc(C(F)(F)F)nc(N)n1. The van der Waals surface area contributed by atoms with Crippen LogP contribution in [0.25, 0.3) is 0 Å². The van der Waals surface area contributed by atoms with Crippen molar-refractivity contribution in [3.05, 3.63) is 11.8 Å². The zero-order chi connectivity index (χ0) is 14.7. The summed E-state index contributed by atoms with van der Waals surface area (Å²) >= 11 is 0. The highest BCUT2D eigenvalue weighted by Gasteiger charge is 2.33. The summed E-state index contributed by atoms with van der Waals surface area (Å²) in [5, 5.41) is 2.44. The molecule has 0 amide bonds. The average molecular weight is 299 g/mol. The first-order chi connectivity index (χ1) is 8.64. The lowest BCUT2D eigenvalue weighted by Gasteiger charge is -2.10. The van der Waals surface area contributed by atoms with Gasteiger partial charge in [0.2, 0.25) is 16.0 Å². The summed E-state index contributed by atoms with van der Waals surface area (Å²) in [6, 6.07) is 0.655. The number of nitrogen functional groups attached to an aromatic ring is 1. The highest BCUT2D eigenvalue weighted by molar-refractivity contribution is 7.89. The summed E-state index contributed by atoms with van der Waals surface area (Å²) in [4.78, 5) is 6.58. The molecule has 1 rings (SSSR count). The number of aromatic nitrogens is 2. The maximum atomic E-state index is 12.4. The normalized spacial score (nSPS) is 12.4. The second-order valence-corrected chi connectivity index (χ2v) is 5.49. The quantitative estimate of drug-likeness (QED) is 0.708. The second-order valence-electron chi connectivity index (χ2n) is 3.44. The molecule has 4 N–H and O–H groups in total. The van der Waals surface area contributed by atoms with Crippen molar-refractivity contribution in [1.29, 1.82) is 0 Å². The predicted molar refractivity (Wildman–Crippen MR) is 62.8 cm³/mol. The van der Waals surface area contributed by atoms with Crippen LogP contribution in [0, 0.1) is 0 Å². The Hall–Kier alpha value is -1.62. The van der Waals surface area contributed by atoms with Crippen LogP contribution < -0.4 is 15.8 Å². The zero-order valence-electron chi connectivity index (χ0n) is 9.82. The fourth-order valence-corrected chi connectivity index (χ4v) is 1.69. The van der Waals surface area contributed by atoms with Gasteiger partial charge in [-0.2, -0.15) is 18.2 Å². The number of anilines is 2. The maximum absolute atomic E-state index is 12.4. The van der Waals surface area contributed by atoms with Crippen molar-refractivity contribution in [2.45, 2.75) is 6.18 Å². The van der Waals surface area contributed by atoms with Crippen LogP contribution in [0.4, 0.5) is 24.9 Å². The number of hydrogen-bond donors (Lipinski definition) is 3. The van der Waals surface area contributed by atoms with E-state index in [0.717, 1.165) is 0 Å². The Kier molecular flexibility index (Phi) is 4.52. The summed E-state index contributed by atoms with van der Waals surface area (Å²) in [6.45, 7) is -0.114. The molecule has 0 fully saturated rings. The standard InChI is InChI=1S/C8H12F3N5O2S/c1-13-19(17,18)3-2-14-6-4-5(8(9,10)11)15-7(12)16-6/h4,13H,2-3H2,1H3,(H3,12,14,15,16). The third-order valence-corrected chi connectivity index (χ3v) is 3.39. The van der Waals surface area contributed by atoms with Gasteiger partial charge in [-0.15, -0.1) is 0 Å². The molecular weight excluding hydrogens is 287 g/mol. The highest BCUT2D eigenvalue weighted by Crippen LogP contribution is 2.29. The van der Waals surface area contributed by atoms with Crippen LogP contribution in [0.3, 0.4) is 0 Å². The lowest BCUT2D eigenvalue weighted by molar-refractivity contribution is -0.141. The van der Waals surface area contributed by atoms with Crippen LogP contribution in [0.1, 0.15) is 5.69 Å². The smallest absolute Gasteiger partial charge is 0.369 e. The van der Waals surface area contributed by atoms with Gasteiger partial charge in [0.1, 0.15) is 5.82 Å². The molecule has 19 heavy (non-hydrogen) atoms. The second kappa shape index (κ2) is 5.57. The number of halogens is 3. The van der Waals surface area contributed by atoms with Crippen molar-refractivity contribution in [2.75, 3.05) is 30.4 Å². The molecule has 0 bridgehead atoms. The van der Waals surface area contributed by atoms with Crippen LogP contribution in [-0.2, 0) is 16.2 Å². The molecule has 0 aromatic carbocycles. The molecule has 0 aliphatic heterocycles. The number of rotatable bonds is 5. The number of nitrogens with one attached hydrogen (secondary N) is 2. The van der Waals surface area contributed by atoms with Crippen LogP contribution >= 0.6 is 0 Å². The molecule has 108 valence electrons. The van der Waals surface area contributed by atoms with Gasteiger partial charge in [-0.05, 0) is 7.05 Å². The zero-order valence-corrected chi connectivity index (χ0v) is 10.6. The van der Waals surface area contributed by atoms with Gasteiger partial charge in [-0.3, -0.25) is 0 Å². The fourth-order valence-electron chi connectivity index (χ4n) is 1.12. The van der Waals surface area contributed by atoms with E-state index < -0.39 is 27.8 Å². The van der Waals surface area contributed by atoms with Gasteiger partial charge in [0.25, 0.3) is 0 Å². The molecule has 1 heterocycles. The number of nitrogens with zero attached hydrogens (tertiary/aromatic N) is 2. The third kappa shape index (κ3) is 4.87. The van der Waals surface area contributed by atoms with Crippen LogP contribution in [0.2, 0.25) is 0 Å². The summed E-state index contributed by atoms with van der Waals surface area (Å²) in [7, 11) is -2.21. The van der Waals surface area contributed by atoms with Gasteiger partial charge in [0.05, 0.1) is 5.75 Å². The molecule has 11 heteroatoms. The molecule has 7 nitrogen and oxygen atoms in total. The van der Waals surface area contributed by atoms with Crippen molar-refractivity contribution >= 4 is 21.8 Å². The van der Waals surface area contributed by atoms with E-state index in [2.05, 4.69) is 20.0 Å². The van der Waals surface area contributed by atoms with Gasteiger partial charge in [0, 0.05) is 12.6 Å². The monoisotopic (exact) mass is 299 g/mol. The van der Waals surface area contributed by atoms with Gasteiger partial charge >= 0.3 is 6.18 Å². The van der Waals surface area contributed by atoms with E-state index in [-0.39, 0.29) is 18.1 Å². The maximum Gasteiger partial charge on any atom is 0.433 e. The third-order valence-electron chi connectivity index (χ3n) is 2.02. The minimum atomic E-state index is -4.65. The molecule has 0 unspecified atom stereocenters. The van der Waals surface area contributed by atoms with Gasteiger partial charge in [-0.25, -0.2) is 18.1 Å². The highest BCUT2D eigenvalue weighted by atomic mass is 32.2. The Morgan fingerprint density at radius 3 is 2.53 bits per heavy atom. The summed E-state index contributed by atoms with van der Waals surface area (Å²) in [5.74, 6) is -1.05. The minimum Gasteiger partial charge on any atom is -0.369 e. The largest absolute Gasteiger partial charge is 0.433 e.